The number of thiazole rings is 1. The van der Waals surface area contributed by atoms with Gasteiger partial charge >= 0.3 is 0 Å². The number of carbonyl (C=O) groups excluding carboxylic acids is 2. The Morgan fingerprint density at radius 2 is 1.89 bits per heavy atom. The highest BCUT2D eigenvalue weighted by Gasteiger charge is 2.37. The Balaban J connectivity index is 1.45. The molecule has 35 heavy (non-hydrogen) atoms. The third-order valence-electron chi connectivity index (χ3n) is 6.56. The Labute approximate surface area is 208 Å². The number of aromatic nitrogens is 1. The Morgan fingerprint density at radius 1 is 1.11 bits per heavy atom. The number of para-hydroxylation sites is 1. The summed E-state index contributed by atoms with van der Waals surface area (Å²) in [6, 6.07) is 23.3. The first-order valence-electron chi connectivity index (χ1n) is 11.7. The lowest BCUT2D eigenvalue weighted by atomic mass is 9.78. The number of nitrogens with one attached hydrogen (secondary N) is 1. The van der Waals surface area contributed by atoms with E-state index in [2.05, 4.69) is 11.4 Å². The maximum Gasteiger partial charge on any atom is 0.235 e. The fraction of sp³-hybridized carbons (Fsp3) is 0.250. The highest BCUT2D eigenvalue weighted by molar-refractivity contribution is 7.18. The van der Waals surface area contributed by atoms with Gasteiger partial charge in [0.05, 0.1) is 33.4 Å². The van der Waals surface area contributed by atoms with Crippen LogP contribution < -0.4 is 15.0 Å². The molecule has 6 nitrogen and oxygen atoms in total. The second-order valence-electron chi connectivity index (χ2n) is 8.94. The predicted octanol–water partition coefficient (Wildman–Crippen LogP) is 5.57. The summed E-state index contributed by atoms with van der Waals surface area (Å²) < 4.78 is 6.68. The van der Waals surface area contributed by atoms with Gasteiger partial charge in [-0.1, -0.05) is 42.5 Å². The molecular weight excluding hydrogens is 458 g/mol. The maximum absolute atomic E-state index is 13.8. The number of rotatable bonds is 7. The molecule has 1 saturated heterocycles. The first kappa shape index (κ1) is 23.1. The Bertz CT molecular complexity index is 1350. The van der Waals surface area contributed by atoms with Crippen molar-refractivity contribution < 1.29 is 14.3 Å². The van der Waals surface area contributed by atoms with E-state index in [1.54, 1.807) is 29.4 Å². The molecule has 1 aliphatic heterocycles. The van der Waals surface area contributed by atoms with Crippen molar-refractivity contribution in [1.82, 2.24) is 4.98 Å². The number of carbonyl (C=O) groups is 2. The summed E-state index contributed by atoms with van der Waals surface area (Å²) in [4.78, 5) is 32.6. The fourth-order valence-electron chi connectivity index (χ4n) is 4.57. The summed E-state index contributed by atoms with van der Waals surface area (Å²) in [6.07, 6.45) is 1.85. The molecule has 0 spiro atoms. The molecule has 1 aliphatic rings. The van der Waals surface area contributed by atoms with Crippen molar-refractivity contribution in [2.45, 2.75) is 31.6 Å². The van der Waals surface area contributed by atoms with Gasteiger partial charge in [0.15, 0.2) is 0 Å². The van der Waals surface area contributed by atoms with Crippen LogP contribution in [0, 0.1) is 0 Å². The van der Waals surface area contributed by atoms with E-state index in [9.17, 15) is 9.59 Å². The number of hydrogen-bond donors (Lipinski definition) is 1. The summed E-state index contributed by atoms with van der Waals surface area (Å²) in [5.41, 5.74) is 2.37. The minimum absolute atomic E-state index is 0.0903. The smallest absolute Gasteiger partial charge is 0.235 e. The molecule has 5 rings (SSSR count). The van der Waals surface area contributed by atoms with Crippen molar-refractivity contribution in [3.05, 3.63) is 83.4 Å². The summed E-state index contributed by atoms with van der Waals surface area (Å²) in [5.74, 6) is 0.521. The summed E-state index contributed by atoms with van der Waals surface area (Å²) in [6.45, 7) is 2.63. The lowest BCUT2D eigenvalue weighted by Crippen LogP contribution is -2.39. The molecule has 0 aliphatic carbocycles. The second kappa shape index (κ2) is 9.50. The minimum atomic E-state index is -0.841. The molecule has 1 fully saturated rings. The van der Waals surface area contributed by atoms with Gasteiger partial charge in [0, 0.05) is 31.1 Å². The molecule has 0 saturated carbocycles. The van der Waals surface area contributed by atoms with E-state index in [0.717, 1.165) is 32.9 Å². The maximum atomic E-state index is 13.8. The SMILES string of the molecule is COc1cc(NC(=O)C(C)(Cc2nc3ccccc3s2)c2ccccc2)ccc1N1CCCC1=O. The molecular formula is C28H27N3O3S. The number of fused-ring (bicyclic) bond motifs is 1. The lowest BCUT2D eigenvalue weighted by Gasteiger charge is -2.28. The van der Waals surface area contributed by atoms with Gasteiger partial charge < -0.3 is 15.0 Å². The van der Waals surface area contributed by atoms with Gasteiger partial charge in [0.25, 0.3) is 0 Å². The van der Waals surface area contributed by atoms with Gasteiger partial charge in [0.1, 0.15) is 5.75 Å². The van der Waals surface area contributed by atoms with Gasteiger partial charge in [0.2, 0.25) is 11.8 Å². The van der Waals surface area contributed by atoms with Gasteiger partial charge in [-0.2, -0.15) is 0 Å². The highest BCUT2D eigenvalue weighted by atomic mass is 32.1. The third kappa shape index (κ3) is 4.51. The highest BCUT2D eigenvalue weighted by Crippen LogP contribution is 2.36. The zero-order valence-corrected chi connectivity index (χ0v) is 20.6. The number of nitrogens with zero attached hydrogens (tertiary/aromatic N) is 2. The third-order valence-corrected chi connectivity index (χ3v) is 7.59. The van der Waals surface area contributed by atoms with Gasteiger partial charge in [-0.05, 0) is 43.2 Å². The van der Waals surface area contributed by atoms with Crippen molar-refractivity contribution in [3.63, 3.8) is 0 Å². The Kier molecular flexibility index (Phi) is 6.26. The second-order valence-corrected chi connectivity index (χ2v) is 10.1. The van der Waals surface area contributed by atoms with Crippen LogP contribution in [0.1, 0.15) is 30.3 Å². The van der Waals surface area contributed by atoms with E-state index in [1.165, 1.54) is 0 Å². The van der Waals surface area contributed by atoms with Crippen LogP contribution >= 0.6 is 11.3 Å². The normalized spacial score (nSPS) is 15.3. The number of methoxy groups -OCH3 is 1. The van der Waals surface area contributed by atoms with Crippen molar-refractivity contribution >= 4 is 44.7 Å². The molecule has 2 amide bonds. The van der Waals surface area contributed by atoms with Crippen molar-refractivity contribution in [2.24, 2.45) is 0 Å². The van der Waals surface area contributed by atoms with E-state index >= 15 is 0 Å². The Hall–Kier alpha value is -3.71. The molecule has 1 N–H and O–H groups in total. The molecule has 0 bridgehead atoms. The van der Waals surface area contributed by atoms with Crippen LogP contribution in [-0.2, 0) is 21.4 Å². The fourth-order valence-corrected chi connectivity index (χ4v) is 5.69. The number of amides is 2. The van der Waals surface area contributed by atoms with Crippen LogP contribution in [0.3, 0.4) is 0 Å². The molecule has 1 aromatic heterocycles. The predicted molar refractivity (Wildman–Crippen MR) is 140 cm³/mol. The van der Waals surface area contributed by atoms with E-state index in [0.29, 0.717) is 30.8 Å². The minimum Gasteiger partial charge on any atom is -0.494 e. The molecule has 1 unspecified atom stereocenters. The monoisotopic (exact) mass is 485 g/mol. The molecule has 7 heteroatoms. The standard InChI is InChI=1S/C28H27N3O3S/c1-28(19-9-4-3-5-10-19,18-25-30-21-11-6-7-12-24(21)35-25)27(33)29-20-14-15-22(23(17-20)34-2)31-16-8-13-26(31)32/h3-7,9-12,14-15,17H,8,13,16,18H2,1-2H3,(H,29,33). The van der Waals surface area contributed by atoms with Crippen LogP contribution in [0.2, 0.25) is 0 Å². The summed E-state index contributed by atoms with van der Waals surface area (Å²) in [7, 11) is 1.58. The van der Waals surface area contributed by atoms with Crippen LogP contribution in [0.5, 0.6) is 5.75 Å². The number of hydrogen-bond acceptors (Lipinski definition) is 5. The van der Waals surface area contributed by atoms with E-state index in [1.807, 2.05) is 67.6 Å². The molecule has 178 valence electrons. The van der Waals surface area contributed by atoms with Gasteiger partial charge in [-0.15, -0.1) is 11.3 Å². The number of anilines is 2. The van der Waals surface area contributed by atoms with Crippen LogP contribution in [-0.4, -0.2) is 30.5 Å². The average Bonchev–Trinajstić information content (AvgIpc) is 3.49. The quantitative estimate of drug-likeness (QED) is 0.371. The lowest BCUT2D eigenvalue weighted by molar-refractivity contribution is -0.121. The number of ether oxygens (including phenoxy) is 1. The van der Waals surface area contributed by atoms with Crippen LogP contribution in [0.4, 0.5) is 11.4 Å². The van der Waals surface area contributed by atoms with Crippen molar-refractivity contribution in [3.8, 4) is 5.75 Å². The number of benzene rings is 3. The average molecular weight is 486 g/mol. The largest absolute Gasteiger partial charge is 0.494 e. The zero-order valence-electron chi connectivity index (χ0n) is 19.8. The molecule has 3 aromatic carbocycles. The van der Waals surface area contributed by atoms with E-state index < -0.39 is 5.41 Å². The Morgan fingerprint density at radius 3 is 2.60 bits per heavy atom. The summed E-state index contributed by atoms with van der Waals surface area (Å²) in [5, 5.41) is 4.00. The van der Waals surface area contributed by atoms with Gasteiger partial charge in [-0.25, -0.2) is 4.98 Å². The molecule has 1 atom stereocenters. The topological polar surface area (TPSA) is 71.5 Å². The molecule has 2 heterocycles. The molecule has 0 radical (unpaired) electrons. The first-order chi connectivity index (χ1) is 17.0. The van der Waals surface area contributed by atoms with Crippen molar-refractivity contribution in [1.29, 1.82) is 0 Å². The van der Waals surface area contributed by atoms with Crippen LogP contribution in [0.15, 0.2) is 72.8 Å². The van der Waals surface area contributed by atoms with E-state index in [-0.39, 0.29) is 11.8 Å². The zero-order chi connectivity index (χ0) is 24.4. The first-order valence-corrected chi connectivity index (χ1v) is 12.5. The molecule has 4 aromatic rings. The van der Waals surface area contributed by atoms with Crippen LogP contribution in [0.25, 0.3) is 10.2 Å². The van der Waals surface area contributed by atoms with Crippen molar-refractivity contribution in [2.75, 3.05) is 23.9 Å². The van der Waals surface area contributed by atoms with E-state index in [4.69, 9.17) is 9.72 Å². The van der Waals surface area contributed by atoms with Gasteiger partial charge in [-0.3, -0.25) is 9.59 Å². The summed E-state index contributed by atoms with van der Waals surface area (Å²) >= 11 is 1.62.